The Hall–Kier alpha value is -1.15. The lowest BCUT2D eigenvalue weighted by molar-refractivity contribution is 0.0526. The lowest BCUT2D eigenvalue weighted by Crippen LogP contribution is -2.42. The molecule has 1 saturated heterocycles. The Morgan fingerprint density at radius 3 is 2.48 bits per heavy atom. The van der Waals surface area contributed by atoms with Gasteiger partial charge in [-0.15, -0.1) is 12.4 Å². The van der Waals surface area contributed by atoms with Gasteiger partial charge < -0.3 is 10.5 Å². The SMILES string of the molecule is CCOC(=O)c1ccc(C)c(S(=O)(=O)N2CCC(C(C)N)CC2)c1.Cl. The van der Waals surface area contributed by atoms with E-state index >= 15 is 0 Å². The third-order valence-electron chi connectivity index (χ3n) is 4.56. The Kier molecular flexibility index (Phi) is 7.87. The number of nitrogens with two attached hydrogens (primary N) is 1. The van der Waals surface area contributed by atoms with Crippen LogP contribution >= 0.6 is 12.4 Å². The molecule has 6 nitrogen and oxygen atoms in total. The number of nitrogens with zero attached hydrogens (tertiary/aromatic N) is 1. The summed E-state index contributed by atoms with van der Waals surface area (Å²) in [4.78, 5) is 12.1. The number of benzene rings is 1. The molecular formula is C17H27ClN2O4S. The maximum atomic E-state index is 13.0. The van der Waals surface area contributed by atoms with E-state index in [-0.39, 0.29) is 35.5 Å². The summed E-state index contributed by atoms with van der Waals surface area (Å²) in [6.45, 7) is 6.57. The van der Waals surface area contributed by atoms with Gasteiger partial charge in [-0.1, -0.05) is 6.07 Å². The first-order chi connectivity index (χ1) is 11.3. The summed E-state index contributed by atoms with van der Waals surface area (Å²) in [5, 5.41) is 0. The molecule has 0 bridgehead atoms. The number of hydrogen-bond donors (Lipinski definition) is 1. The lowest BCUT2D eigenvalue weighted by atomic mass is 9.92. The Morgan fingerprint density at radius 2 is 1.96 bits per heavy atom. The molecule has 2 N–H and O–H groups in total. The van der Waals surface area contributed by atoms with Gasteiger partial charge in [0.1, 0.15) is 0 Å². The van der Waals surface area contributed by atoms with E-state index in [1.54, 1.807) is 26.0 Å². The van der Waals surface area contributed by atoms with Crippen LogP contribution in [-0.4, -0.2) is 44.4 Å². The van der Waals surface area contributed by atoms with E-state index < -0.39 is 16.0 Å². The third-order valence-corrected chi connectivity index (χ3v) is 6.60. The van der Waals surface area contributed by atoms with Crippen LogP contribution in [0.3, 0.4) is 0 Å². The number of halogens is 1. The second kappa shape index (κ2) is 8.98. The first-order valence-corrected chi connectivity index (χ1v) is 9.75. The molecule has 1 aliphatic rings. The molecule has 1 atom stereocenters. The summed E-state index contributed by atoms with van der Waals surface area (Å²) < 4.78 is 32.4. The number of piperidine rings is 1. The molecule has 1 aromatic rings. The maximum absolute atomic E-state index is 13.0. The van der Waals surface area contributed by atoms with Crippen molar-refractivity contribution in [3.05, 3.63) is 29.3 Å². The lowest BCUT2D eigenvalue weighted by Gasteiger charge is -2.33. The van der Waals surface area contributed by atoms with Crippen molar-refractivity contribution in [2.24, 2.45) is 11.7 Å². The third kappa shape index (κ3) is 4.94. The van der Waals surface area contributed by atoms with E-state index in [4.69, 9.17) is 10.5 Å². The number of sulfonamides is 1. The number of esters is 1. The smallest absolute Gasteiger partial charge is 0.338 e. The highest BCUT2D eigenvalue weighted by molar-refractivity contribution is 7.89. The molecule has 1 aliphatic heterocycles. The minimum absolute atomic E-state index is 0. The molecule has 1 fully saturated rings. The predicted molar refractivity (Wildman–Crippen MR) is 99.5 cm³/mol. The summed E-state index contributed by atoms with van der Waals surface area (Å²) in [6.07, 6.45) is 1.51. The zero-order chi connectivity index (χ0) is 17.9. The zero-order valence-electron chi connectivity index (χ0n) is 14.9. The van der Waals surface area contributed by atoms with Gasteiger partial charge in [-0.3, -0.25) is 0 Å². The fourth-order valence-electron chi connectivity index (χ4n) is 3.00. The van der Waals surface area contributed by atoms with E-state index in [1.165, 1.54) is 10.4 Å². The minimum Gasteiger partial charge on any atom is -0.462 e. The van der Waals surface area contributed by atoms with Crippen molar-refractivity contribution >= 4 is 28.4 Å². The summed E-state index contributed by atoms with van der Waals surface area (Å²) in [7, 11) is -3.63. The van der Waals surface area contributed by atoms with Gasteiger partial charge in [0.15, 0.2) is 0 Å². The average Bonchev–Trinajstić information content (AvgIpc) is 2.55. The van der Waals surface area contributed by atoms with Crippen molar-refractivity contribution < 1.29 is 17.9 Å². The molecule has 0 amide bonds. The van der Waals surface area contributed by atoms with E-state index in [0.717, 1.165) is 12.8 Å². The number of ether oxygens (including phenoxy) is 1. The fraction of sp³-hybridized carbons (Fsp3) is 0.588. The second-order valence-electron chi connectivity index (χ2n) is 6.30. The summed E-state index contributed by atoms with van der Waals surface area (Å²) in [5.74, 6) is -0.159. The van der Waals surface area contributed by atoms with Crippen LogP contribution in [0, 0.1) is 12.8 Å². The summed E-state index contributed by atoms with van der Waals surface area (Å²) in [6, 6.07) is 4.73. The summed E-state index contributed by atoms with van der Waals surface area (Å²) >= 11 is 0. The van der Waals surface area contributed by atoms with Crippen LogP contribution in [-0.2, 0) is 14.8 Å². The highest BCUT2D eigenvalue weighted by Gasteiger charge is 2.31. The van der Waals surface area contributed by atoms with Gasteiger partial charge in [-0.2, -0.15) is 4.31 Å². The van der Waals surface area contributed by atoms with Crippen LogP contribution in [0.25, 0.3) is 0 Å². The van der Waals surface area contributed by atoms with Gasteiger partial charge in [0.05, 0.1) is 17.1 Å². The Balaban J connectivity index is 0.00000312. The Bertz CT molecular complexity index is 699. The quantitative estimate of drug-likeness (QED) is 0.779. The largest absolute Gasteiger partial charge is 0.462 e. The normalized spacial score (nSPS) is 17.6. The van der Waals surface area contributed by atoms with Crippen molar-refractivity contribution in [2.75, 3.05) is 19.7 Å². The van der Waals surface area contributed by atoms with Gasteiger partial charge in [0.2, 0.25) is 10.0 Å². The molecule has 0 saturated carbocycles. The standard InChI is InChI=1S/C17H26N2O4S.ClH/c1-4-23-17(20)15-6-5-12(2)16(11-15)24(21,22)19-9-7-14(8-10-19)13(3)18;/h5-6,11,13-14H,4,7-10,18H2,1-3H3;1H. The minimum atomic E-state index is -3.63. The molecule has 1 unspecified atom stereocenters. The number of aryl methyl sites for hydroxylation is 1. The zero-order valence-corrected chi connectivity index (χ0v) is 16.5. The molecule has 25 heavy (non-hydrogen) atoms. The van der Waals surface area contributed by atoms with E-state index in [2.05, 4.69) is 0 Å². The molecule has 0 aromatic heterocycles. The Morgan fingerprint density at radius 1 is 1.36 bits per heavy atom. The van der Waals surface area contributed by atoms with Gasteiger partial charge in [0.25, 0.3) is 0 Å². The first-order valence-electron chi connectivity index (χ1n) is 8.31. The molecule has 2 rings (SSSR count). The number of rotatable bonds is 5. The van der Waals surface area contributed by atoms with Crippen LogP contribution in [0.5, 0.6) is 0 Å². The maximum Gasteiger partial charge on any atom is 0.338 e. The molecule has 8 heteroatoms. The molecule has 0 radical (unpaired) electrons. The van der Waals surface area contributed by atoms with E-state index in [1.807, 2.05) is 6.92 Å². The van der Waals surface area contributed by atoms with Gasteiger partial charge >= 0.3 is 5.97 Å². The monoisotopic (exact) mass is 390 g/mol. The second-order valence-corrected chi connectivity index (χ2v) is 8.21. The number of carbonyl (C=O) groups is 1. The predicted octanol–water partition coefficient (Wildman–Crippen LogP) is 2.34. The molecule has 142 valence electrons. The van der Waals surface area contributed by atoms with Crippen LogP contribution in [0.1, 0.15) is 42.6 Å². The van der Waals surface area contributed by atoms with Crippen molar-refractivity contribution in [2.45, 2.75) is 44.6 Å². The summed E-state index contributed by atoms with van der Waals surface area (Å²) in [5.41, 5.74) is 6.80. The fourth-order valence-corrected chi connectivity index (χ4v) is 4.72. The number of hydrogen-bond acceptors (Lipinski definition) is 5. The van der Waals surface area contributed by atoms with Crippen LogP contribution < -0.4 is 5.73 Å². The van der Waals surface area contributed by atoms with Crippen molar-refractivity contribution in [3.63, 3.8) is 0 Å². The van der Waals surface area contributed by atoms with Gasteiger partial charge in [-0.25, -0.2) is 13.2 Å². The van der Waals surface area contributed by atoms with Gasteiger partial charge in [-0.05, 0) is 57.2 Å². The van der Waals surface area contributed by atoms with Crippen LogP contribution in [0.2, 0.25) is 0 Å². The topological polar surface area (TPSA) is 89.7 Å². The highest BCUT2D eigenvalue weighted by atomic mass is 35.5. The number of carbonyl (C=O) groups excluding carboxylic acids is 1. The average molecular weight is 391 g/mol. The molecule has 0 spiro atoms. The molecule has 1 aromatic carbocycles. The Labute approximate surface area is 156 Å². The molecule has 0 aliphatic carbocycles. The van der Waals surface area contributed by atoms with E-state index in [9.17, 15) is 13.2 Å². The van der Waals surface area contributed by atoms with E-state index in [0.29, 0.717) is 24.6 Å². The molecule has 1 heterocycles. The van der Waals surface area contributed by atoms with Gasteiger partial charge in [0, 0.05) is 19.1 Å². The van der Waals surface area contributed by atoms with Crippen molar-refractivity contribution in [1.29, 1.82) is 0 Å². The molecular weight excluding hydrogens is 364 g/mol. The van der Waals surface area contributed by atoms with Crippen molar-refractivity contribution in [3.8, 4) is 0 Å². The first kappa shape index (κ1) is 21.9. The highest BCUT2D eigenvalue weighted by Crippen LogP contribution is 2.27. The van der Waals surface area contributed by atoms with Crippen LogP contribution in [0.4, 0.5) is 0 Å². The van der Waals surface area contributed by atoms with Crippen LogP contribution in [0.15, 0.2) is 23.1 Å². The van der Waals surface area contributed by atoms with Crippen molar-refractivity contribution in [1.82, 2.24) is 4.31 Å².